The molecule has 2 aromatic carbocycles. The summed E-state index contributed by atoms with van der Waals surface area (Å²) in [6.45, 7) is 0.202. The van der Waals surface area contributed by atoms with Gasteiger partial charge in [0.1, 0.15) is 0 Å². The van der Waals surface area contributed by atoms with Crippen molar-refractivity contribution in [1.29, 1.82) is 0 Å². The lowest BCUT2D eigenvalue weighted by Crippen LogP contribution is -2.15. The van der Waals surface area contributed by atoms with E-state index in [-0.39, 0.29) is 18.5 Å². The Bertz CT molecular complexity index is 1110. The number of aromatic nitrogens is 3. The quantitative estimate of drug-likeness (QED) is 0.515. The van der Waals surface area contributed by atoms with Crippen molar-refractivity contribution in [1.82, 2.24) is 14.8 Å². The van der Waals surface area contributed by atoms with Gasteiger partial charge in [-0.15, -0.1) is 10.2 Å². The van der Waals surface area contributed by atoms with Crippen LogP contribution in [0.15, 0.2) is 47.6 Å². The van der Waals surface area contributed by atoms with Crippen LogP contribution in [0.3, 0.4) is 0 Å². The Balaban J connectivity index is 1.33. The van der Waals surface area contributed by atoms with Crippen LogP contribution in [0, 0.1) is 0 Å². The first-order valence-electron chi connectivity index (χ1n) is 10.2. The summed E-state index contributed by atoms with van der Waals surface area (Å²) < 4.78 is 12.8. The number of nitrogens with one attached hydrogen (secondary N) is 1. The number of fused-ring (bicyclic) bond motifs is 1. The lowest BCUT2D eigenvalue weighted by Gasteiger charge is -2.17. The van der Waals surface area contributed by atoms with Crippen molar-refractivity contribution in [3.63, 3.8) is 0 Å². The molecule has 1 aliphatic heterocycles. The number of ether oxygens (including phenoxy) is 2. The zero-order valence-electron chi connectivity index (χ0n) is 16.7. The van der Waals surface area contributed by atoms with Crippen LogP contribution in [-0.2, 0) is 4.79 Å². The van der Waals surface area contributed by atoms with Crippen LogP contribution in [0.2, 0.25) is 5.02 Å². The highest BCUT2D eigenvalue weighted by Crippen LogP contribution is 2.38. The number of benzene rings is 2. The fourth-order valence-electron chi connectivity index (χ4n) is 3.99. The predicted octanol–water partition coefficient (Wildman–Crippen LogP) is 5.17. The number of carbonyl (C=O) groups is 1. The van der Waals surface area contributed by atoms with E-state index < -0.39 is 0 Å². The standard InChI is InChI=1S/C22H21ClN4O3S/c23-17-8-4-3-7-16(17)21-25-26-22(27(21)15-5-1-2-6-15)31-12-20(28)24-14-9-10-18-19(11-14)30-13-29-18/h3-4,7-11,15H,1-2,5-6,12-13H2,(H,24,28). The fraction of sp³-hybridized carbons (Fsp3) is 0.318. The van der Waals surface area contributed by atoms with Gasteiger partial charge in [-0.1, -0.05) is 48.3 Å². The molecule has 0 saturated heterocycles. The summed E-state index contributed by atoms with van der Waals surface area (Å²) in [5, 5.41) is 13.1. The minimum Gasteiger partial charge on any atom is -0.454 e. The van der Waals surface area contributed by atoms with E-state index in [9.17, 15) is 4.79 Å². The van der Waals surface area contributed by atoms with Crippen LogP contribution >= 0.6 is 23.4 Å². The average Bonchev–Trinajstić information content (AvgIpc) is 3.52. The minimum absolute atomic E-state index is 0.121. The summed E-state index contributed by atoms with van der Waals surface area (Å²) in [6, 6.07) is 13.3. The Morgan fingerprint density at radius 2 is 1.94 bits per heavy atom. The maximum Gasteiger partial charge on any atom is 0.234 e. The molecule has 0 unspecified atom stereocenters. The molecule has 31 heavy (non-hydrogen) atoms. The van der Waals surface area contributed by atoms with E-state index in [4.69, 9.17) is 21.1 Å². The van der Waals surface area contributed by atoms with E-state index in [0.29, 0.717) is 28.3 Å². The monoisotopic (exact) mass is 456 g/mol. The van der Waals surface area contributed by atoms with Crippen LogP contribution in [-0.4, -0.2) is 33.2 Å². The zero-order chi connectivity index (χ0) is 21.2. The number of thioether (sulfide) groups is 1. The van der Waals surface area contributed by atoms with E-state index in [2.05, 4.69) is 20.1 Å². The van der Waals surface area contributed by atoms with Crippen LogP contribution < -0.4 is 14.8 Å². The number of carbonyl (C=O) groups excluding carboxylic acids is 1. The normalized spacial score (nSPS) is 15.4. The van der Waals surface area contributed by atoms with Crippen LogP contribution in [0.1, 0.15) is 31.7 Å². The van der Waals surface area contributed by atoms with Crippen molar-refractivity contribution in [3.05, 3.63) is 47.5 Å². The third-order valence-electron chi connectivity index (χ3n) is 5.46. The lowest BCUT2D eigenvalue weighted by atomic mass is 10.2. The molecule has 7 nitrogen and oxygen atoms in total. The van der Waals surface area contributed by atoms with Gasteiger partial charge in [0, 0.05) is 23.4 Å². The molecule has 1 aromatic heterocycles. The SMILES string of the molecule is O=C(CSc1nnc(-c2ccccc2Cl)n1C1CCCC1)Nc1ccc2c(c1)OCO2. The van der Waals surface area contributed by atoms with Crippen molar-refractivity contribution in [3.8, 4) is 22.9 Å². The Labute approximate surface area is 189 Å². The highest BCUT2D eigenvalue weighted by Gasteiger charge is 2.26. The molecule has 1 fully saturated rings. The molecule has 1 saturated carbocycles. The summed E-state index contributed by atoms with van der Waals surface area (Å²) >= 11 is 7.82. The van der Waals surface area contributed by atoms with Gasteiger partial charge in [-0.2, -0.15) is 0 Å². The first-order chi connectivity index (χ1) is 15.2. The van der Waals surface area contributed by atoms with Gasteiger partial charge < -0.3 is 14.8 Å². The minimum atomic E-state index is -0.121. The third kappa shape index (κ3) is 4.22. The molecule has 0 spiro atoms. The highest BCUT2D eigenvalue weighted by molar-refractivity contribution is 7.99. The Kier molecular flexibility index (Phi) is 5.74. The molecule has 0 atom stereocenters. The van der Waals surface area contributed by atoms with Gasteiger partial charge in [0.05, 0.1) is 10.8 Å². The maximum atomic E-state index is 12.6. The number of nitrogens with zero attached hydrogens (tertiary/aromatic N) is 3. The second kappa shape index (κ2) is 8.80. The van der Waals surface area contributed by atoms with Gasteiger partial charge >= 0.3 is 0 Å². The molecule has 2 aliphatic rings. The van der Waals surface area contributed by atoms with E-state index in [1.165, 1.54) is 24.6 Å². The molecular weight excluding hydrogens is 436 g/mol. The molecule has 5 rings (SSSR count). The molecular formula is C22H21ClN4O3S. The van der Waals surface area contributed by atoms with Crippen molar-refractivity contribution < 1.29 is 14.3 Å². The van der Waals surface area contributed by atoms with E-state index in [1.54, 1.807) is 18.2 Å². The second-order valence-corrected chi connectivity index (χ2v) is 8.85. The van der Waals surface area contributed by atoms with Gasteiger partial charge in [-0.25, -0.2) is 0 Å². The fourth-order valence-corrected chi connectivity index (χ4v) is 5.02. The van der Waals surface area contributed by atoms with Crippen LogP contribution in [0.5, 0.6) is 11.5 Å². The summed E-state index contributed by atoms with van der Waals surface area (Å²) in [5.41, 5.74) is 1.53. The summed E-state index contributed by atoms with van der Waals surface area (Å²) in [7, 11) is 0. The van der Waals surface area contributed by atoms with Crippen LogP contribution in [0.25, 0.3) is 11.4 Å². The number of hydrogen-bond donors (Lipinski definition) is 1. The van der Waals surface area contributed by atoms with E-state index >= 15 is 0 Å². The first kappa shape index (κ1) is 20.2. The average molecular weight is 457 g/mol. The topological polar surface area (TPSA) is 78.3 Å². The molecule has 1 aliphatic carbocycles. The highest BCUT2D eigenvalue weighted by atomic mass is 35.5. The molecule has 1 N–H and O–H groups in total. The lowest BCUT2D eigenvalue weighted by molar-refractivity contribution is -0.113. The molecule has 9 heteroatoms. The van der Waals surface area contributed by atoms with Crippen molar-refractivity contribution in [2.75, 3.05) is 17.9 Å². The molecule has 1 amide bonds. The van der Waals surface area contributed by atoms with Gasteiger partial charge in [-0.05, 0) is 37.1 Å². The Morgan fingerprint density at radius 1 is 1.13 bits per heavy atom. The van der Waals surface area contributed by atoms with Crippen LogP contribution in [0.4, 0.5) is 5.69 Å². The van der Waals surface area contributed by atoms with Crippen molar-refractivity contribution in [2.45, 2.75) is 36.9 Å². The Hall–Kier alpha value is -2.71. The summed E-state index contributed by atoms with van der Waals surface area (Å²) in [5.74, 6) is 2.18. The Morgan fingerprint density at radius 3 is 2.77 bits per heavy atom. The molecule has 0 radical (unpaired) electrons. The first-order valence-corrected chi connectivity index (χ1v) is 11.6. The van der Waals surface area contributed by atoms with Gasteiger partial charge in [0.15, 0.2) is 22.5 Å². The third-order valence-corrected chi connectivity index (χ3v) is 6.73. The predicted molar refractivity (Wildman–Crippen MR) is 120 cm³/mol. The van der Waals surface area contributed by atoms with E-state index in [0.717, 1.165) is 29.4 Å². The largest absolute Gasteiger partial charge is 0.454 e. The van der Waals surface area contributed by atoms with Crippen molar-refractivity contribution in [2.24, 2.45) is 0 Å². The van der Waals surface area contributed by atoms with Gasteiger partial charge in [-0.3, -0.25) is 9.36 Å². The smallest absolute Gasteiger partial charge is 0.234 e. The number of halogens is 1. The van der Waals surface area contributed by atoms with Gasteiger partial charge in [0.2, 0.25) is 12.7 Å². The summed E-state index contributed by atoms with van der Waals surface area (Å²) in [4.78, 5) is 12.6. The van der Waals surface area contributed by atoms with Gasteiger partial charge in [0.25, 0.3) is 0 Å². The number of rotatable bonds is 6. The molecule has 2 heterocycles. The molecule has 0 bridgehead atoms. The number of anilines is 1. The molecule has 3 aromatic rings. The van der Waals surface area contributed by atoms with E-state index in [1.807, 2.05) is 24.3 Å². The number of hydrogen-bond acceptors (Lipinski definition) is 6. The zero-order valence-corrected chi connectivity index (χ0v) is 18.3. The number of amides is 1. The second-order valence-electron chi connectivity index (χ2n) is 7.50. The maximum absolute atomic E-state index is 12.6. The molecule has 160 valence electrons. The summed E-state index contributed by atoms with van der Waals surface area (Å²) in [6.07, 6.45) is 4.51. The van der Waals surface area contributed by atoms with Crippen molar-refractivity contribution >= 4 is 35.0 Å².